The maximum atomic E-state index is 10.9. The Balaban J connectivity index is 0.00000121. The summed E-state index contributed by atoms with van der Waals surface area (Å²) < 4.78 is 19.8. The van der Waals surface area contributed by atoms with Crippen LogP contribution in [0.15, 0.2) is 29.2 Å². The van der Waals surface area contributed by atoms with Gasteiger partial charge in [0.25, 0.3) is 0 Å². The van der Waals surface area contributed by atoms with Gasteiger partial charge in [0.2, 0.25) is 0 Å². The van der Waals surface area contributed by atoms with Gasteiger partial charge in [0.05, 0.1) is 4.90 Å². The van der Waals surface area contributed by atoms with Crippen molar-refractivity contribution in [2.75, 3.05) is 0 Å². The van der Waals surface area contributed by atoms with Crippen LogP contribution in [-0.2, 0) is 20.0 Å². The van der Waals surface area contributed by atoms with Crippen LogP contribution >= 0.6 is 0 Å². The molecular weight excluding hydrogens is 203 g/mol. The van der Waals surface area contributed by atoms with Crippen molar-refractivity contribution in [1.29, 1.82) is 0 Å². The van der Waals surface area contributed by atoms with Crippen LogP contribution in [0, 0.1) is 6.92 Å². The standard InChI is InChI=1S/C7H8O2S2.Na/c1-6-2-4-7(5-3-6)11(8,9)10;/h2-5H,1H3,(H,8,9,10);/q;+1. The van der Waals surface area contributed by atoms with Crippen LogP contribution in [0.25, 0.3) is 0 Å². The Morgan fingerprint density at radius 2 is 1.75 bits per heavy atom. The Kier molecular flexibility index (Phi) is 4.91. The minimum absolute atomic E-state index is 0. The van der Waals surface area contributed by atoms with Gasteiger partial charge >= 0.3 is 29.6 Å². The SMILES string of the molecule is Cc1ccc(S(=O)(O)=S)cc1.[Na+]. The average molecular weight is 211 g/mol. The molecule has 0 radical (unpaired) electrons. The summed E-state index contributed by atoms with van der Waals surface area (Å²) in [4.78, 5) is 0.304. The molecule has 1 atom stereocenters. The molecule has 0 heterocycles. The number of aryl methyl sites for hydroxylation is 1. The number of rotatable bonds is 1. The maximum Gasteiger partial charge on any atom is 1.00 e. The maximum absolute atomic E-state index is 10.9. The van der Waals surface area contributed by atoms with Crippen LogP contribution in [-0.4, -0.2) is 8.76 Å². The summed E-state index contributed by atoms with van der Waals surface area (Å²) in [5.74, 6) is 0. The molecule has 0 fully saturated rings. The summed E-state index contributed by atoms with van der Waals surface area (Å²) in [6, 6.07) is 6.67. The van der Waals surface area contributed by atoms with Crippen LogP contribution in [0.2, 0.25) is 0 Å². The van der Waals surface area contributed by atoms with Crippen molar-refractivity contribution in [3.63, 3.8) is 0 Å². The second-order valence-electron chi connectivity index (χ2n) is 2.29. The Morgan fingerprint density at radius 1 is 1.33 bits per heavy atom. The van der Waals surface area contributed by atoms with E-state index < -0.39 is 8.77 Å². The molecule has 0 amide bonds. The molecule has 1 aromatic rings. The Morgan fingerprint density at radius 3 is 2.08 bits per heavy atom. The molecule has 0 bridgehead atoms. The minimum atomic E-state index is -3.19. The van der Waals surface area contributed by atoms with Gasteiger partial charge in [-0.05, 0) is 19.1 Å². The summed E-state index contributed by atoms with van der Waals surface area (Å²) in [5.41, 5.74) is 1.05. The van der Waals surface area contributed by atoms with Gasteiger partial charge in [-0.25, -0.2) is 4.21 Å². The van der Waals surface area contributed by atoms with Crippen molar-refractivity contribution in [1.82, 2.24) is 0 Å². The van der Waals surface area contributed by atoms with Gasteiger partial charge in [-0.15, -0.1) is 0 Å². The summed E-state index contributed by atoms with van der Waals surface area (Å²) >= 11 is 4.38. The van der Waals surface area contributed by atoms with Crippen molar-refractivity contribution in [2.45, 2.75) is 11.8 Å². The van der Waals surface area contributed by atoms with Crippen LogP contribution < -0.4 is 29.6 Å². The van der Waals surface area contributed by atoms with E-state index in [4.69, 9.17) is 4.55 Å². The summed E-state index contributed by atoms with van der Waals surface area (Å²) in [6.45, 7) is 1.91. The molecule has 0 aromatic heterocycles. The first kappa shape index (κ1) is 12.6. The van der Waals surface area contributed by atoms with Crippen molar-refractivity contribution in [2.24, 2.45) is 0 Å². The van der Waals surface area contributed by atoms with E-state index in [-0.39, 0.29) is 29.6 Å². The molecule has 60 valence electrons. The third-order valence-corrected chi connectivity index (χ3v) is 2.76. The first-order chi connectivity index (χ1) is 5.00. The van der Waals surface area contributed by atoms with E-state index in [1.165, 1.54) is 0 Å². The van der Waals surface area contributed by atoms with Gasteiger partial charge in [-0.2, -0.15) is 0 Å². The fraction of sp³-hybridized carbons (Fsp3) is 0.143. The Labute approximate surface area is 99.2 Å². The van der Waals surface area contributed by atoms with Crippen molar-refractivity contribution in [3.05, 3.63) is 29.8 Å². The summed E-state index contributed by atoms with van der Waals surface area (Å²) in [6.07, 6.45) is 0. The van der Waals surface area contributed by atoms with Crippen molar-refractivity contribution in [3.8, 4) is 0 Å². The first-order valence-corrected chi connectivity index (χ1v) is 5.48. The van der Waals surface area contributed by atoms with Gasteiger partial charge in [0.1, 0.15) is 0 Å². The van der Waals surface area contributed by atoms with Gasteiger partial charge in [0.15, 0.2) is 8.77 Å². The fourth-order valence-corrected chi connectivity index (χ4v) is 1.52. The van der Waals surface area contributed by atoms with Crippen molar-refractivity contribution >= 4 is 20.0 Å². The molecule has 0 aliphatic rings. The molecular formula is C7H8NaO2S2+. The quantitative estimate of drug-likeness (QED) is 0.579. The molecule has 0 aliphatic carbocycles. The first-order valence-electron chi connectivity index (χ1n) is 3.04. The van der Waals surface area contributed by atoms with Gasteiger partial charge < -0.3 is 4.55 Å². The molecule has 12 heavy (non-hydrogen) atoms. The van der Waals surface area contributed by atoms with Crippen LogP contribution in [0.1, 0.15) is 5.56 Å². The van der Waals surface area contributed by atoms with E-state index in [1.54, 1.807) is 24.3 Å². The van der Waals surface area contributed by atoms with Gasteiger partial charge in [0, 0.05) is 11.2 Å². The normalized spacial score (nSPS) is 14.5. The minimum Gasteiger partial charge on any atom is -0.302 e. The zero-order chi connectivity index (χ0) is 8.48. The average Bonchev–Trinajstić information content (AvgIpc) is 1.86. The molecule has 0 aliphatic heterocycles. The molecule has 0 saturated carbocycles. The molecule has 0 saturated heterocycles. The predicted molar refractivity (Wildman–Crippen MR) is 47.6 cm³/mol. The number of hydrogen-bond acceptors (Lipinski definition) is 2. The van der Waals surface area contributed by atoms with Gasteiger partial charge in [-0.3, -0.25) is 0 Å². The van der Waals surface area contributed by atoms with Crippen LogP contribution in [0.4, 0.5) is 0 Å². The number of hydrogen-bond donors (Lipinski definition) is 1. The largest absolute Gasteiger partial charge is 1.00 e. The smallest absolute Gasteiger partial charge is 0.302 e. The van der Waals surface area contributed by atoms with Crippen LogP contribution in [0.5, 0.6) is 0 Å². The zero-order valence-corrected chi connectivity index (χ0v) is 10.6. The van der Waals surface area contributed by atoms with E-state index in [0.29, 0.717) is 4.90 Å². The molecule has 0 spiro atoms. The van der Waals surface area contributed by atoms with E-state index in [9.17, 15) is 4.21 Å². The second kappa shape index (κ2) is 4.69. The monoisotopic (exact) mass is 211 g/mol. The third-order valence-electron chi connectivity index (χ3n) is 1.32. The third kappa shape index (κ3) is 3.51. The molecule has 5 heteroatoms. The molecule has 1 unspecified atom stereocenters. The molecule has 2 nitrogen and oxygen atoms in total. The number of benzene rings is 1. The van der Waals surface area contributed by atoms with E-state index >= 15 is 0 Å². The van der Waals surface area contributed by atoms with E-state index in [0.717, 1.165) is 5.56 Å². The zero-order valence-electron chi connectivity index (χ0n) is 6.98. The van der Waals surface area contributed by atoms with Crippen LogP contribution in [0.3, 0.4) is 0 Å². The summed E-state index contributed by atoms with van der Waals surface area (Å²) in [5, 5.41) is 0. The van der Waals surface area contributed by atoms with E-state index in [2.05, 4.69) is 11.2 Å². The Bertz CT molecular complexity index is 342. The van der Waals surface area contributed by atoms with E-state index in [1.807, 2.05) is 6.92 Å². The van der Waals surface area contributed by atoms with Crippen molar-refractivity contribution < 1.29 is 38.3 Å². The second-order valence-corrected chi connectivity index (χ2v) is 5.07. The summed E-state index contributed by atoms with van der Waals surface area (Å²) in [7, 11) is -3.19. The van der Waals surface area contributed by atoms with Gasteiger partial charge in [-0.1, -0.05) is 17.7 Å². The molecule has 1 aromatic carbocycles. The molecule has 1 N–H and O–H groups in total. The predicted octanol–water partition coefficient (Wildman–Crippen LogP) is -1.42. The fourth-order valence-electron chi connectivity index (χ4n) is 0.710. The molecule has 1 rings (SSSR count). The topological polar surface area (TPSA) is 37.3 Å². The Hall–Kier alpha value is 0.550.